The van der Waals surface area contributed by atoms with E-state index in [0.29, 0.717) is 6.29 Å². The van der Waals surface area contributed by atoms with Crippen molar-refractivity contribution in [2.75, 3.05) is 0 Å². The summed E-state index contributed by atoms with van der Waals surface area (Å²) in [5.74, 6) is 0. The van der Waals surface area contributed by atoms with E-state index in [0.717, 1.165) is 18.2 Å². The molecular weight excluding hydrogens is 231 g/mol. The van der Waals surface area contributed by atoms with Gasteiger partial charge in [0.2, 0.25) is 0 Å². The Hall–Kier alpha value is -2.09. The zero-order valence-corrected chi connectivity index (χ0v) is 8.66. The molecule has 0 aromatic heterocycles. The summed E-state index contributed by atoms with van der Waals surface area (Å²) < 4.78 is 37.3. The lowest BCUT2D eigenvalue weighted by Gasteiger charge is -2.08. The van der Waals surface area contributed by atoms with Crippen molar-refractivity contribution in [3.8, 4) is 6.07 Å². The Labute approximate surface area is 96.0 Å². The van der Waals surface area contributed by atoms with Crippen LogP contribution >= 0.6 is 0 Å². The molecule has 0 saturated carbocycles. The fourth-order valence-electron chi connectivity index (χ4n) is 1.23. The standard InChI is InChI=1S/C12H8F3NO/c13-12(14,15)11-5-4-10(8-16)9(7-11)3-1-2-6-17/h1,3-7H,2H2. The molecule has 0 amide bonds. The maximum atomic E-state index is 12.4. The Morgan fingerprint density at radius 3 is 2.59 bits per heavy atom. The maximum absolute atomic E-state index is 12.4. The number of carbonyl (C=O) groups is 1. The molecule has 2 nitrogen and oxygen atoms in total. The SMILES string of the molecule is N#Cc1ccc(C(F)(F)F)cc1C=CCC=O. The molecule has 0 heterocycles. The van der Waals surface area contributed by atoms with Crippen LogP contribution in [0.25, 0.3) is 6.08 Å². The van der Waals surface area contributed by atoms with E-state index in [2.05, 4.69) is 0 Å². The maximum Gasteiger partial charge on any atom is 0.416 e. The molecule has 88 valence electrons. The third kappa shape index (κ3) is 3.45. The van der Waals surface area contributed by atoms with Gasteiger partial charge in [-0.1, -0.05) is 12.2 Å². The van der Waals surface area contributed by atoms with Crippen molar-refractivity contribution in [3.05, 3.63) is 41.0 Å². The van der Waals surface area contributed by atoms with Gasteiger partial charge in [-0.2, -0.15) is 18.4 Å². The summed E-state index contributed by atoms with van der Waals surface area (Å²) in [5, 5.41) is 8.73. The summed E-state index contributed by atoms with van der Waals surface area (Å²) in [7, 11) is 0. The lowest BCUT2D eigenvalue weighted by atomic mass is 10.0. The number of nitrogens with zero attached hydrogens (tertiary/aromatic N) is 1. The van der Waals surface area contributed by atoms with Crippen LogP contribution in [0.15, 0.2) is 24.3 Å². The number of hydrogen-bond acceptors (Lipinski definition) is 2. The van der Waals surface area contributed by atoms with Crippen molar-refractivity contribution >= 4 is 12.4 Å². The Balaban J connectivity index is 3.16. The van der Waals surface area contributed by atoms with E-state index in [4.69, 9.17) is 5.26 Å². The van der Waals surface area contributed by atoms with Gasteiger partial charge in [-0.3, -0.25) is 0 Å². The highest BCUT2D eigenvalue weighted by Crippen LogP contribution is 2.30. The van der Waals surface area contributed by atoms with Crippen molar-refractivity contribution < 1.29 is 18.0 Å². The van der Waals surface area contributed by atoms with Gasteiger partial charge in [-0.05, 0) is 23.8 Å². The minimum absolute atomic E-state index is 0.0983. The first-order valence-electron chi connectivity index (χ1n) is 4.70. The first-order valence-corrected chi connectivity index (χ1v) is 4.70. The number of carbonyl (C=O) groups excluding carboxylic acids is 1. The molecule has 1 rings (SSSR count). The average Bonchev–Trinajstić information content (AvgIpc) is 2.28. The van der Waals surface area contributed by atoms with Crippen LogP contribution in [0.3, 0.4) is 0 Å². The minimum Gasteiger partial charge on any atom is -0.303 e. The summed E-state index contributed by atoms with van der Waals surface area (Å²) >= 11 is 0. The third-order valence-electron chi connectivity index (χ3n) is 2.03. The molecule has 0 spiro atoms. The molecule has 0 fully saturated rings. The van der Waals surface area contributed by atoms with E-state index in [1.165, 1.54) is 12.2 Å². The van der Waals surface area contributed by atoms with Crippen molar-refractivity contribution in [2.24, 2.45) is 0 Å². The number of hydrogen-bond donors (Lipinski definition) is 0. The van der Waals surface area contributed by atoms with Crippen LogP contribution < -0.4 is 0 Å². The van der Waals surface area contributed by atoms with E-state index in [9.17, 15) is 18.0 Å². The summed E-state index contributed by atoms with van der Waals surface area (Å²) in [4.78, 5) is 10.1. The summed E-state index contributed by atoms with van der Waals surface area (Å²) in [6.07, 6.45) is -0.982. The topological polar surface area (TPSA) is 40.9 Å². The number of alkyl halides is 3. The van der Waals surface area contributed by atoms with Crippen molar-refractivity contribution in [1.29, 1.82) is 5.26 Å². The predicted octanol–water partition coefficient (Wildman–Crippen LogP) is 3.18. The highest BCUT2D eigenvalue weighted by Gasteiger charge is 2.30. The van der Waals surface area contributed by atoms with Crippen molar-refractivity contribution in [1.82, 2.24) is 0 Å². The number of nitriles is 1. The molecule has 0 saturated heterocycles. The highest BCUT2D eigenvalue weighted by atomic mass is 19.4. The minimum atomic E-state index is -4.44. The van der Waals surface area contributed by atoms with Crippen LogP contribution in [-0.4, -0.2) is 6.29 Å². The molecule has 0 N–H and O–H groups in total. The molecule has 1 aromatic rings. The molecule has 0 aliphatic heterocycles. The number of aldehydes is 1. The molecule has 1 aromatic carbocycles. The Morgan fingerprint density at radius 1 is 1.35 bits per heavy atom. The van der Waals surface area contributed by atoms with Gasteiger partial charge in [0.1, 0.15) is 6.29 Å². The summed E-state index contributed by atoms with van der Waals surface area (Å²) in [5.41, 5.74) is -0.522. The smallest absolute Gasteiger partial charge is 0.303 e. The van der Waals surface area contributed by atoms with Gasteiger partial charge in [-0.15, -0.1) is 0 Å². The summed E-state index contributed by atoms with van der Waals surface area (Å²) in [6.45, 7) is 0. The molecule has 0 radical (unpaired) electrons. The van der Waals surface area contributed by atoms with Crippen molar-refractivity contribution in [3.63, 3.8) is 0 Å². The normalized spacial score (nSPS) is 11.4. The molecule has 0 aliphatic rings. The number of rotatable bonds is 3. The second kappa shape index (κ2) is 5.30. The van der Waals surface area contributed by atoms with Gasteiger partial charge in [0.15, 0.2) is 0 Å². The number of benzene rings is 1. The number of allylic oxidation sites excluding steroid dienone is 1. The van der Waals surface area contributed by atoms with Crippen LogP contribution in [0.4, 0.5) is 13.2 Å². The zero-order valence-electron chi connectivity index (χ0n) is 8.66. The molecule has 0 aliphatic carbocycles. The van der Waals surface area contributed by atoms with Crippen LogP contribution in [0, 0.1) is 11.3 Å². The molecule has 5 heteroatoms. The monoisotopic (exact) mass is 239 g/mol. The predicted molar refractivity (Wildman–Crippen MR) is 55.9 cm³/mol. The van der Waals surface area contributed by atoms with E-state index in [-0.39, 0.29) is 17.5 Å². The van der Waals surface area contributed by atoms with E-state index in [1.807, 2.05) is 0 Å². The Morgan fingerprint density at radius 2 is 2.06 bits per heavy atom. The van der Waals surface area contributed by atoms with E-state index < -0.39 is 11.7 Å². The number of halogens is 3. The lowest BCUT2D eigenvalue weighted by Crippen LogP contribution is -2.05. The van der Waals surface area contributed by atoms with Gasteiger partial charge in [-0.25, -0.2) is 0 Å². The van der Waals surface area contributed by atoms with Crippen LogP contribution in [0.1, 0.15) is 23.1 Å². The molecule has 17 heavy (non-hydrogen) atoms. The lowest BCUT2D eigenvalue weighted by molar-refractivity contribution is -0.137. The molecule has 0 unspecified atom stereocenters. The van der Waals surface area contributed by atoms with Crippen molar-refractivity contribution in [2.45, 2.75) is 12.6 Å². The molecular formula is C12H8F3NO. The van der Waals surface area contributed by atoms with Crippen LogP contribution in [-0.2, 0) is 11.0 Å². The fourth-order valence-corrected chi connectivity index (χ4v) is 1.23. The van der Waals surface area contributed by atoms with E-state index >= 15 is 0 Å². The quantitative estimate of drug-likeness (QED) is 0.760. The van der Waals surface area contributed by atoms with Gasteiger partial charge in [0, 0.05) is 6.42 Å². The fraction of sp³-hybridized carbons (Fsp3) is 0.167. The first-order chi connectivity index (χ1) is 7.99. The van der Waals surface area contributed by atoms with Gasteiger partial charge in [0.25, 0.3) is 0 Å². The average molecular weight is 239 g/mol. The molecule has 0 atom stereocenters. The van der Waals surface area contributed by atoms with Gasteiger partial charge in [0.05, 0.1) is 17.2 Å². The highest BCUT2D eigenvalue weighted by molar-refractivity contribution is 5.62. The Bertz CT molecular complexity index is 484. The second-order valence-electron chi connectivity index (χ2n) is 3.22. The zero-order chi connectivity index (χ0) is 12.9. The van der Waals surface area contributed by atoms with Crippen LogP contribution in [0.2, 0.25) is 0 Å². The summed E-state index contributed by atoms with van der Waals surface area (Å²) in [6, 6.07) is 4.65. The Kier molecular flexibility index (Phi) is 4.05. The largest absolute Gasteiger partial charge is 0.416 e. The third-order valence-corrected chi connectivity index (χ3v) is 2.03. The van der Waals surface area contributed by atoms with Crippen LogP contribution in [0.5, 0.6) is 0 Å². The molecule has 0 bridgehead atoms. The second-order valence-corrected chi connectivity index (χ2v) is 3.22. The first kappa shape index (κ1) is 13.0. The van der Waals surface area contributed by atoms with Gasteiger partial charge < -0.3 is 4.79 Å². The van der Waals surface area contributed by atoms with Gasteiger partial charge >= 0.3 is 6.18 Å². The van der Waals surface area contributed by atoms with E-state index in [1.54, 1.807) is 6.07 Å².